The topological polar surface area (TPSA) is 136 Å². The van der Waals surface area contributed by atoms with Crippen molar-refractivity contribution in [2.45, 2.75) is 108 Å². The maximum atomic E-state index is 6.07. The highest BCUT2D eigenvalue weighted by Gasteiger charge is 2.79. The van der Waals surface area contributed by atoms with Crippen molar-refractivity contribution in [3.05, 3.63) is 0 Å². The van der Waals surface area contributed by atoms with Crippen molar-refractivity contribution in [3.8, 4) is 0 Å². The number of nitrogens with two attached hydrogens (primary N) is 3. The van der Waals surface area contributed by atoms with Crippen LogP contribution in [0.25, 0.3) is 0 Å². The van der Waals surface area contributed by atoms with Crippen molar-refractivity contribution in [2.75, 3.05) is 41.1 Å². The minimum absolute atomic E-state index is 0.0181. The molecule has 3 aliphatic rings. The molecule has 0 amide bonds. The third-order valence-corrected chi connectivity index (χ3v) is 15.8. The molecule has 0 unspecified atom stereocenters. The van der Waals surface area contributed by atoms with Gasteiger partial charge in [-0.05, 0) is 71.9 Å². The molecule has 0 spiro atoms. The Kier molecular flexibility index (Phi) is 11.8. The Labute approximate surface area is 216 Å². The van der Waals surface area contributed by atoms with Gasteiger partial charge in [-0.15, -0.1) is 0 Å². The summed E-state index contributed by atoms with van der Waals surface area (Å²) >= 11 is 0. The van der Waals surface area contributed by atoms with Gasteiger partial charge >= 0.3 is 17.4 Å². The Morgan fingerprint density at radius 2 is 1.37 bits per heavy atom. The Morgan fingerprint density at radius 1 is 0.857 bits per heavy atom. The largest absolute Gasteiger partial charge is 0.500 e. The number of hydrogen-bond donors (Lipinski definition) is 4. The van der Waals surface area contributed by atoms with E-state index < -0.39 is 23.2 Å². The smallest absolute Gasteiger partial charge is 0.394 e. The van der Waals surface area contributed by atoms with E-state index in [0.717, 1.165) is 50.7 Å². The molecule has 0 radical (unpaired) electrons. The average molecular weight is 535 g/mol. The van der Waals surface area contributed by atoms with Crippen LogP contribution in [0, 0.1) is 5.41 Å². The van der Waals surface area contributed by atoms with Crippen LogP contribution in [-0.2, 0) is 22.1 Å². The van der Waals surface area contributed by atoms with E-state index in [-0.39, 0.29) is 10.5 Å². The molecule has 7 N–H and O–H groups in total. The Balaban J connectivity index is 0.000000247. The van der Waals surface area contributed by atoms with E-state index in [2.05, 4.69) is 11.9 Å². The summed E-state index contributed by atoms with van der Waals surface area (Å²) in [5, 5.41) is 3.64. The molecule has 3 fully saturated rings. The maximum absolute atomic E-state index is 6.07. The van der Waals surface area contributed by atoms with Gasteiger partial charge in [0.15, 0.2) is 0 Å². The monoisotopic (exact) mass is 534 g/mol. The molecule has 0 aliphatic heterocycles. The lowest BCUT2D eigenvalue weighted by Crippen LogP contribution is -2.69. The fourth-order valence-electron chi connectivity index (χ4n) is 6.29. The van der Waals surface area contributed by atoms with E-state index in [0.29, 0.717) is 13.2 Å². The van der Waals surface area contributed by atoms with Crippen LogP contribution in [0.15, 0.2) is 0 Å². The molecular weight excluding hydrogens is 480 g/mol. The van der Waals surface area contributed by atoms with Crippen molar-refractivity contribution in [2.24, 2.45) is 22.6 Å². The molecule has 11 heteroatoms. The lowest BCUT2D eigenvalue weighted by Gasteiger charge is -2.45. The summed E-state index contributed by atoms with van der Waals surface area (Å²) in [6.07, 6.45) is 12.1. The minimum atomic E-state index is -2.34. The van der Waals surface area contributed by atoms with Gasteiger partial charge in [0.2, 0.25) is 0 Å². The van der Waals surface area contributed by atoms with Crippen LogP contribution in [0.5, 0.6) is 0 Å². The first-order valence-corrected chi connectivity index (χ1v) is 17.8. The second-order valence-electron chi connectivity index (χ2n) is 10.6. The summed E-state index contributed by atoms with van der Waals surface area (Å²) < 4.78 is 28.3. The van der Waals surface area contributed by atoms with Crippen LogP contribution >= 0.6 is 0 Å². The van der Waals surface area contributed by atoms with Crippen LogP contribution in [0.4, 0.5) is 0 Å². The highest BCUT2D eigenvalue weighted by Crippen LogP contribution is 2.81. The van der Waals surface area contributed by atoms with Crippen molar-refractivity contribution < 1.29 is 22.1 Å². The molecule has 3 aliphatic carbocycles. The summed E-state index contributed by atoms with van der Waals surface area (Å²) in [4.78, 5) is 0. The molecule has 0 bridgehead atoms. The first-order chi connectivity index (χ1) is 16.5. The molecule has 0 aromatic carbocycles. The van der Waals surface area contributed by atoms with E-state index >= 15 is 0 Å². The molecule has 3 saturated carbocycles. The van der Waals surface area contributed by atoms with Gasteiger partial charge in [0, 0.05) is 57.1 Å². The van der Waals surface area contributed by atoms with Gasteiger partial charge in [-0.3, -0.25) is 0 Å². The van der Waals surface area contributed by atoms with Gasteiger partial charge in [0.1, 0.15) is 5.79 Å². The Hall–Kier alpha value is 0.0738. The quantitative estimate of drug-likeness (QED) is 0.142. The van der Waals surface area contributed by atoms with Gasteiger partial charge < -0.3 is 44.6 Å². The predicted molar refractivity (Wildman–Crippen MR) is 145 cm³/mol. The van der Waals surface area contributed by atoms with Crippen LogP contribution in [-0.4, -0.2) is 70.3 Å². The summed E-state index contributed by atoms with van der Waals surface area (Å²) in [6, 6.07) is 1.61. The van der Waals surface area contributed by atoms with Gasteiger partial charge in [0.05, 0.1) is 0 Å². The van der Waals surface area contributed by atoms with E-state index in [1.165, 1.54) is 32.1 Å². The minimum Gasteiger partial charge on any atom is -0.394 e. The first-order valence-electron chi connectivity index (χ1n) is 13.6. The van der Waals surface area contributed by atoms with Crippen molar-refractivity contribution in [1.82, 2.24) is 5.32 Å². The highest BCUT2D eigenvalue weighted by atomic mass is 28.4. The molecule has 208 valence electrons. The zero-order chi connectivity index (χ0) is 26.2. The van der Waals surface area contributed by atoms with Crippen LogP contribution in [0.1, 0.15) is 78.1 Å². The van der Waals surface area contributed by atoms with Gasteiger partial charge in [-0.1, -0.05) is 19.3 Å². The maximum Gasteiger partial charge on any atom is 0.500 e. The van der Waals surface area contributed by atoms with Crippen LogP contribution in [0.2, 0.25) is 17.6 Å². The normalized spacial score (nSPS) is 21.9. The summed E-state index contributed by atoms with van der Waals surface area (Å²) in [5.74, 6) is -1.12. The molecule has 9 nitrogen and oxygen atoms in total. The lowest BCUT2D eigenvalue weighted by molar-refractivity contribution is 0.123. The van der Waals surface area contributed by atoms with Crippen molar-refractivity contribution >= 4 is 17.4 Å². The summed E-state index contributed by atoms with van der Waals surface area (Å²) in [6.45, 7) is 8.57. The highest BCUT2D eigenvalue weighted by molar-refractivity contribution is 6.70. The SMILES string of the molecule is CCO[Si](C)(OCC)C1(C2(C(N)(N)N)CC2)CC1.CO[Si](CCCNC1CCCCC1)(OC)OC. The van der Waals surface area contributed by atoms with Crippen LogP contribution in [0.3, 0.4) is 0 Å². The number of hydrogen-bond acceptors (Lipinski definition) is 9. The number of rotatable bonds is 15. The molecule has 0 saturated heterocycles. The van der Waals surface area contributed by atoms with Gasteiger partial charge in [-0.25, -0.2) is 0 Å². The Bertz CT molecular complexity index is 605. The van der Waals surface area contributed by atoms with Gasteiger partial charge in [-0.2, -0.15) is 0 Å². The molecular formula is C24H54N4O5Si2. The second-order valence-corrected chi connectivity index (χ2v) is 17.1. The standard InChI is InChI=1S/C12H27N3O2Si.C12H27NO3Si/c1-4-16-18(3,17-5-2)11(8-9-11)10(6-7-10)12(13,14)15;1-14-17(15-2,16-3)11-7-10-13-12-8-5-4-6-9-12/h4-9,13-15H2,1-3H3;12-13H,4-11H2,1-3H3. The van der Waals surface area contributed by atoms with E-state index in [1.54, 1.807) is 21.3 Å². The third-order valence-electron chi connectivity index (χ3n) is 8.58. The Morgan fingerprint density at radius 3 is 1.74 bits per heavy atom. The van der Waals surface area contributed by atoms with Crippen LogP contribution < -0.4 is 22.5 Å². The van der Waals surface area contributed by atoms with E-state index in [4.69, 9.17) is 39.3 Å². The molecule has 0 heterocycles. The third kappa shape index (κ3) is 7.14. The summed E-state index contributed by atoms with van der Waals surface area (Å²) in [5.41, 5.74) is 18.0. The second kappa shape index (κ2) is 13.2. The molecule has 0 aromatic heterocycles. The average Bonchev–Trinajstić information content (AvgIpc) is 3.73. The number of nitrogens with one attached hydrogen (secondary N) is 1. The molecule has 0 aromatic rings. The lowest BCUT2D eigenvalue weighted by atomic mass is 9.92. The first kappa shape index (κ1) is 31.3. The molecule has 35 heavy (non-hydrogen) atoms. The fraction of sp³-hybridized carbons (Fsp3) is 1.00. The van der Waals surface area contributed by atoms with Crippen molar-refractivity contribution in [3.63, 3.8) is 0 Å². The molecule has 0 atom stereocenters. The van der Waals surface area contributed by atoms with E-state index in [1.807, 2.05) is 13.8 Å². The zero-order valence-electron chi connectivity index (χ0n) is 23.3. The van der Waals surface area contributed by atoms with E-state index in [9.17, 15) is 0 Å². The van der Waals surface area contributed by atoms with Crippen molar-refractivity contribution in [1.29, 1.82) is 0 Å². The predicted octanol–water partition coefficient (Wildman–Crippen LogP) is 3.15. The van der Waals surface area contributed by atoms with Gasteiger partial charge in [0.25, 0.3) is 0 Å². The zero-order valence-corrected chi connectivity index (χ0v) is 25.3. The fourth-order valence-corrected chi connectivity index (χ4v) is 12.1. The summed E-state index contributed by atoms with van der Waals surface area (Å²) in [7, 11) is 0.390. The molecule has 3 rings (SSSR count).